The van der Waals surface area contributed by atoms with Crippen LogP contribution < -0.4 is 0 Å². The quantitative estimate of drug-likeness (QED) is 0.0913. The fourth-order valence-corrected chi connectivity index (χ4v) is 7.91. The summed E-state index contributed by atoms with van der Waals surface area (Å²) >= 11 is 0. The number of fused-ring (bicyclic) bond motifs is 1. The molecular formula is C53H44N2. The zero-order valence-corrected chi connectivity index (χ0v) is 31.2. The molecule has 0 saturated carbocycles. The third-order valence-corrected chi connectivity index (χ3v) is 10.4. The minimum atomic E-state index is 0.845. The molecule has 55 heavy (non-hydrogen) atoms. The second kappa shape index (κ2) is 16.1. The molecule has 2 heteroatoms. The Kier molecular flexibility index (Phi) is 10.3. The molecular weight excluding hydrogens is 665 g/mol. The molecule has 0 aliphatic heterocycles. The van der Waals surface area contributed by atoms with E-state index < -0.39 is 0 Å². The van der Waals surface area contributed by atoms with E-state index in [1.54, 1.807) is 0 Å². The Bertz CT molecular complexity index is 2610. The fraction of sp³-hybridized carbons (Fsp3) is 0.0755. The van der Waals surface area contributed by atoms with Crippen LogP contribution in [0, 0.1) is 0 Å². The normalized spacial score (nSPS) is 12.7. The molecule has 0 atom stereocenters. The second-order valence-electron chi connectivity index (χ2n) is 13.9. The van der Waals surface area contributed by atoms with Crippen LogP contribution in [0.5, 0.6) is 0 Å². The van der Waals surface area contributed by atoms with E-state index in [1.165, 1.54) is 38.6 Å². The Labute approximate surface area is 325 Å². The highest BCUT2D eigenvalue weighted by Gasteiger charge is 2.25. The van der Waals surface area contributed by atoms with Gasteiger partial charge >= 0.3 is 0 Å². The molecule has 0 spiro atoms. The van der Waals surface area contributed by atoms with Crippen LogP contribution in [-0.4, -0.2) is 9.55 Å². The van der Waals surface area contributed by atoms with E-state index in [-0.39, 0.29) is 0 Å². The van der Waals surface area contributed by atoms with Crippen molar-refractivity contribution in [1.29, 1.82) is 0 Å². The molecule has 6 aromatic carbocycles. The van der Waals surface area contributed by atoms with E-state index in [0.29, 0.717) is 0 Å². The maximum Gasteiger partial charge on any atom is 0.144 e. The summed E-state index contributed by atoms with van der Waals surface area (Å²) in [6.45, 7) is 12.4. The van der Waals surface area contributed by atoms with Crippen molar-refractivity contribution in [2.75, 3.05) is 0 Å². The van der Waals surface area contributed by atoms with Gasteiger partial charge in [-0.2, -0.15) is 0 Å². The van der Waals surface area contributed by atoms with Gasteiger partial charge in [0.1, 0.15) is 5.82 Å². The predicted octanol–water partition coefficient (Wildman–Crippen LogP) is 14.3. The van der Waals surface area contributed by atoms with Crippen LogP contribution in [0.2, 0.25) is 0 Å². The van der Waals surface area contributed by atoms with E-state index in [9.17, 15) is 0 Å². The first-order valence-electron chi connectivity index (χ1n) is 19.1. The van der Waals surface area contributed by atoms with Gasteiger partial charge in [-0.25, -0.2) is 4.98 Å². The Morgan fingerprint density at radius 1 is 0.655 bits per heavy atom. The summed E-state index contributed by atoms with van der Waals surface area (Å²) in [5, 5.41) is 2.43. The molecule has 8 rings (SSSR count). The van der Waals surface area contributed by atoms with Gasteiger partial charge in [0, 0.05) is 17.4 Å². The third kappa shape index (κ3) is 7.03. The minimum absolute atomic E-state index is 0.845. The van der Waals surface area contributed by atoms with Crippen molar-refractivity contribution in [2.24, 2.45) is 0 Å². The van der Waals surface area contributed by atoms with Gasteiger partial charge in [-0.05, 0) is 116 Å². The first-order valence-corrected chi connectivity index (χ1v) is 19.1. The topological polar surface area (TPSA) is 17.8 Å². The number of benzene rings is 6. The predicted molar refractivity (Wildman–Crippen MR) is 236 cm³/mol. The van der Waals surface area contributed by atoms with Crippen molar-refractivity contribution in [2.45, 2.75) is 25.7 Å². The van der Waals surface area contributed by atoms with Gasteiger partial charge in [-0.3, -0.25) is 4.57 Å². The number of allylic oxidation sites excluding steroid dienone is 9. The van der Waals surface area contributed by atoms with Gasteiger partial charge in [0.05, 0.1) is 5.69 Å². The molecule has 1 aromatic heterocycles. The summed E-state index contributed by atoms with van der Waals surface area (Å²) in [4.78, 5) is 5.17. The number of aromatic nitrogens is 2. The van der Waals surface area contributed by atoms with E-state index in [2.05, 4.69) is 188 Å². The van der Waals surface area contributed by atoms with Crippen LogP contribution in [0.4, 0.5) is 0 Å². The molecule has 0 bridgehead atoms. The van der Waals surface area contributed by atoms with Crippen LogP contribution in [0.25, 0.3) is 72.4 Å². The molecule has 0 fully saturated rings. The highest BCUT2D eigenvalue weighted by molar-refractivity contribution is 6.15. The Morgan fingerprint density at radius 2 is 1.33 bits per heavy atom. The van der Waals surface area contributed by atoms with E-state index >= 15 is 0 Å². The molecule has 266 valence electrons. The summed E-state index contributed by atoms with van der Waals surface area (Å²) in [5.41, 5.74) is 15.0. The monoisotopic (exact) mass is 708 g/mol. The maximum absolute atomic E-state index is 5.17. The number of hydrogen-bond acceptors (Lipinski definition) is 1. The third-order valence-electron chi connectivity index (χ3n) is 10.4. The SMILES string of the molecule is C=C/C=C(\C=C)c1c(-c2ccccc2)c(C2=CC=CCC2)c2ccc(-c3cccc(-c4nc(CCC=C)cn4-c4ccccc4)c3)cc2c1-c1ccccc1. The van der Waals surface area contributed by atoms with Crippen LogP contribution in [-0.2, 0) is 6.42 Å². The number of imidazole rings is 1. The van der Waals surface area contributed by atoms with Gasteiger partial charge in [-0.1, -0.05) is 165 Å². The van der Waals surface area contributed by atoms with Crippen LogP contribution in [0.3, 0.4) is 0 Å². The van der Waals surface area contributed by atoms with Crippen molar-refractivity contribution < 1.29 is 0 Å². The number of rotatable bonds is 12. The highest BCUT2D eigenvalue weighted by Crippen LogP contribution is 2.49. The zero-order chi connectivity index (χ0) is 37.6. The van der Waals surface area contributed by atoms with Gasteiger partial charge < -0.3 is 0 Å². The average Bonchev–Trinajstić information content (AvgIpc) is 3.69. The Hall–Kier alpha value is -6.77. The van der Waals surface area contributed by atoms with Crippen molar-refractivity contribution in [3.63, 3.8) is 0 Å². The summed E-state index contributed by atoms with van der Waals surface area (Å²) in [5.74, 6) is 0.928. The first kappa shape index (κ1) is 35.3. The van der Waals surface area contributed by atoms with Crippen molar-refractivity contribution in [1.82, 2.24) is 9.55 Å². The van der Waals surface area contributed by atoms with E-state index in [4.69, 9.17) is 4.98 Å². The lowest BCUT2D eigenvalue weighted by Gasteiger charge is -2.26. The van der Waals surface area contributed by atoms with Gasteiger partial charge in [0.2, 0.25) is 0 Å². The molecule has 2 nitrogen and oxygen atoms in total. The summed E-state index contributed by atoms with van der Waals surface area (Å²) < 4.78 is 2.21. The lowest BCUT2D eigenvalue weighted by atomic mass is 9.77. The summed E-state index contributed by atoms with van der Waals surface area (Å²) in [7, 11) is 0. The van der Waals surface area contributed by atoms with Crippen LogP contribution in [0.15, 0.2) is 202 Å². The second-order valence-corrected chi connectivity index (χ2v) is 13.9. The number of aryl methyl sites for hydroxylation is 1. The summed E-state index contributed by atoms with van der Waals surface area (Å²) in [6, 6.07) is 47.9. The van der Waals surface area contributed by atoms with Gasteiger partial charge in [0.25, 0.3) is 0 Å². The van der Waals surface area contributed by atoms with Gasteiger partial charge in [0.15, 0.2) is 0 Å². The van der Waals surface area contributed by atoms with Crippen molar-refractivity contribution in [3.05, 3.63) is 219 Å². The lowest BCUT2D eigenvalue weighted by Crippen LogP contribution is -2.03. The first-order chi connectivity index (χ1) is 27.2. The molecule has 0 N–H and O–H groups in total. The van der Waals surface area contributed by atoms with Crippen LogP contribution >= 0.6 is 0 Å². The smallest absolute Gasteiger partial charge is 0.144 e. The number of nitrogens with zero attached hydrogens (tertiary/aromatic N) is 2. The molecule has 0 radical (unpaired) electrons. The standard InChI is InChI=1S/C53H44N2/c1-4-7-30-45-37-55(46-31-18-11-19-32-46)53(54-45)44-29-20-28-42(35-44)43-33-34-47-48(36-43)50(40-24-14-9-15-25-40)51(38(6-3)21-5-2)52(41-26-16-10-17-27-41)49(47)39-22-12-8-13-23-39/h4-6,8-12,14-22,24-29,31-37H,1-3,7,13,23,30H2/b38-21+. The fourth-order valence-electron chi connectivity index (χ4n) is 7.91. The van der Waals surface area contributed by atoms with Crippen molar-refractivity contribution >= 4 is 21.9 Å². The molecule has 1 aliphatic carbocycles. The molecule has 7 aromatic rings. The number of para-hydroxylation sites is 1. The summed E-state index contributed by atoms with van der Waals surface area (Å²) in [6.07, 6.45) is 20.5. The van der Waals surface area contributed by atoms with Gasteiger partial charge in [-0.15, -0.1) is 6.58 Å². The maximum atomic E-state index is 5.17. The van der Waals surface area contributed by atoms with Crippen molar-refractivity contribution in [3.8, 4) is 50.5 Å². The highest BCUT2D eigenvalue weighted by atomic mass is 15.1. The largest absolute Gasteiger partial charge is 0.300 e. The van der Waals surface area contributed by atoms with E-state index in [0.717, 1.165) is 76.3 Å². The molecule has 0 saturated heterocycles. The lowest BCUT2D eigenvalue weighted by molar-refractivity contribution is 0.960. The average molecular weight is 709 g/mol. The number of hydrogen-bond donors (Lipinski definition) is 0. The zero-order valence-electron chi connectivity index (χ0n) is 31.2. The molecule has 0 amide bonds. The molecule has 1 heterocycles. The minimum Gasteiger partial charge on any atom is -0.300 e. The van der Waals surface area contributed by atoms with Crippen LogP contribution in [0.1, 0.15) is 36.1 Å². The molecule has 0 unspecified atom stereocenters. The molecule has 1 aliphatic rings. The Morgan fingerprint density at radius 3 is 2.00 bits per heavy atom. The van der Waals surface area contributed by atoms with E-state index in [1.807, 2.05) is 18.2 Å². The Balaban J connectivity index is 1.42.